The van der Waals surface area contributed by atoms with Crippen molar-refractivity contribution in [2.75, 3.05) is 0 Å². The van der Waals surface area contributed by atoms with Crippen molar-refractivity contribution >= 4 is 7.69 Å². The average Bonchev–Trinajstić information content (AvgIpc) is 2.61. The normalized spacial score (nSPS) is 16.2. The van der Waals surface area contributed by atoms with Gasteiger partial charge in [-0.05, 0) is 97.9 Å². The highest BCUT2D eigenvalue weighted by Gasteiger charge is 2.12. The Bertz CT molecular complexity index is 637. The van der Waals surface area contributed by atoms with E-state index in [-0.39, 0.29) is 7.69 Å². The van der Waals surface area contributed by atoms with E-state index in [0.717, 1.165) is 11.5 Å². The summed E-state index contributed by atoms with van der Waals surface area (Å²) in [5.41, 5.74) is 5.86. The van der Waals surface area contributed by atoms with Gasteiger partial charge in [-0.2, -0.15) is 0 Å². The van der Waals surface area contributed by atoms with Gasteiger partial charge in [-0.15, -0.1) is 0 Å². The van der Waals surface area contributed by atoms with E-state index in [0.29, 0.717) is 0 Å². The van der Waals surface area contributed by atoms with E-state index in [4.69, 9.17) is 9.31 Å². The quantitative estimate of drug-likeness (QED) is 0.789. The lowest BCUT2D eigenvalue weighted by Crippen LogP contribution is -2.12. The molecule has 2 aromatic carbocycles. The van der Waals surface area contributed by atoms with Crippen LogP contribution in [0.1, 0.15) is 47.9 Å². The topological polar surface area (TPSA) is 18.5 Å². The van der Waals surface area contributed by atoms with E-state index in [1.807, 2.05) is 0 Å². The Balaban J connectivity index is 1.36. The summed E-state index contributed by atoms with van der Waals surface area (Å²) >= 11 is 0. The Kier molecular flexibility index (Phi) is 4.27. The maximum absolute atomic E-state index is 5.80. The van der Waals surface area contributed by atoms with E-state index in [1.54, 1.807) is 0 Å². The summed E-state index contributed by atoms with van der Waals surface area (Å²) in [6.07, 6.45) is 9.99. The van der Waals surface area contributed by atoms with Gasteiger partial charge in [0.2, 0.25) is 0 Å². The highest BCUT2D eigenvalue weighted by atomic mass is 16.6. The fraction of sp³-hybridized carbons (Fsp3) is 0.400. The molecule has 0 atom stereocenters. The largest absolute Gasteiger partial charge is 0.576 e. The molecule has 3 heteroatoms. The molecule has 2 aliphatic rings. The zero-order valence-corrected chi connectivity index (χ0v) is 13.6. The summed E-state index contributed by atoms with van der Waals surface area (Å²) in [6.45, 7) is 0. The Morgan fingerprint density at radius 3 is 1.48 bits per heavy atom. The summed E-state index contributed by atoms with van der Waals surface area (Å²) < 4.78 is 11.6. The Labute approximate surface area is 139 Å². The van der Waals surface area contributed by atoms with Crippen molar-refractivity contribution < 1.29 is 9.31 Å². The molecule has 0 saturated heterocycles. The van der Waals surface area contributed by atoms with E-state index in [1.165, 1.54) is 73.6 Å². The van der Waals surface area contributed by atoms with Crippen LogP contribution in [-0.4, -0.2) is 7.69 Å². The molecule has 0 radical (unpaired) electrons. The molecule has 0 amide bonds. The van der Waals surface area contributed by atoms with Crippen molar-refractivity contribution in [3.05, 3.63) is 58.7 Å². The predicted octanol–water partition coefficient (Wildman–Crippen LogP) is 4.17. The summed E-state index contributed by atoms with van der Waals surface area (Å²) in [5.74, 6) is 1.84. The minimum absolute atomic E-state index is 0.275. The molecule has 0 unspecified atom stereocenters. The van der Waals surface area contributed by atoms with Crippen molar-refractivity contribution in [2.24, 2.45) is 0 Å². The van der Waals surface area contributed by atoms with Crippen LogP contribution >= 0.6 is 0 Å². The SMILES string of the molecule is B(Oc1ccc2c(c1)CCCC2)Oc1ccc2c(c1)CCCC2. The molecule has 4 rings (SSSR count). The minimum atomic E-state index is 0.275. The van der Waals surface area contributed by atoms with Gasteiger partial charge in [0.25, 0.3) is 0 Å². The lowest BCUT2D eigenvalue weighted by molar-refractivity contribution is 0.457. The molecule has 118 valence electrons. The highest BCUT2D eigenvalue weighted by Crippen LogP contribution is 2.27. The molecular weight excluding hydrogens is 283 g/mol. The van der Waals surface area contributed by atoms with Crippen LogP contribution in [-0.2, 0) is 25.7 Å². The lowest BCUT2D eigenvalue weighted by atomic mass is 9.91. The number of hydrogen-bond acceptors (Lipinski definition) is 2. The van der Waals surface area contributed by atoms with Crippen LogP contribution in [0.2, 0.25) is 0 Å². The van der Waals surface area contributed by atoms with Gasteiger partial charge >= 0.3 is 7.69 Å². The van der Waals surface area contributed by atoms with Gasteiger partial charge in [0.15, 0.2) is 0 Å². The van der Waals surface area contributed by atoms with Crippen LogP contribution in [0.15, 0.2) is 36.4 Å². The van der Waals surface area contributed by atoms with Crippen molar-refractivity contribution in [1.82, 2.24) is 0 Å². The number of rotatable bonds is 4. The molecule has 2 nitrogen and oxygen atoms in total. The van der Waals surface area contributed by atoms with Crippen molar-refractivity contribution in [2.45, 2.75) is 51.4 Å². The molecule has 2 aromatic rings. The molecule has 0 aliphatic heterocycles. The lowest BCUT2D eigenvalue weighted by Gasteiger charge is -2.18. The van der Waals surface area contributed by atoms with Crippen molar-refractivity contribution in [3.8, 4) is 11.5 Å². The highest BCUT2D eigenvalue weighted by molar-refractivity contribution is 6.20. The molecule has 0 saturated carbocycles. The van der Waals surface area contributed by atoms with E-state index in [2.05, 4.69) is 36.4 Å². The predicted molar refractivity (Wildman–Crippen MR) is 94.6 cm³/mol. The standard InChI is InChI=1S/C20H23BO2/c1-3-7-17-13-19(11-9-15(17)5-1)22-21-23-20-12-10-16-6-2-4-8-18(16)14-20/h9-14,21H,1-8H2. The smallest absolute Gasteiger partial charge is 0.529 e. The second kappa shape index (κ2) is 6.70. The van der Waals surface area contributed by atoms with Crippen LogP contribution in [0, 0.1) is 0 Å². The zero-order chi connectivity index (χ0) is 15.5. The Morgan fingerprint density at radius 1 is 0.565 bits per heavy atom. The summed E-state index contributed by atoms with van der Waals surface area (Å²) in [7, 11) is 0.275. The van der Waals surface area contributed by atoms with Gasteiger partial charge in [-0.1, -0.05) is 12.1 Å². The average molecular weight is 306 g/mol. The molecule has 0 N–H and O–H groups in total. The second-order valence-corrected chi connectivity index (χ2v) is 6.68. The summed E-state index contributed by atoms with van der Waals surface area (Å²) in [4.78, 5) is 0. The first-order valence-electron chi connectivity index (χ1n) is 8.88. The molecule has 2 aliphatic carbocycles. The molecule has 0 heterocycles. The monoisotopic (exact) mass is 306 g/mol. The zero-order valence-electron chi connectivity index (χ0n) is 13.6. The summed E-state index contributed by atoms with van der Waals surface area (Å²) in [5, 5.41) is 0. The molecule has 0 aromatic heterocycles. The van der Waals surface area contributed by atoms with Crippen molar-refractivity contribution in [1.29, 1.82) is 0 Å². The fourth-order valence-electron chi connectivity index (χ4n) is 3.76. The van der Waals surface area contributed by atoms with Gasteiger partial charge in [0.05, 0.1) is 0 Å². The third kappa shape index (κ3) is 3.39. The van der Waals surface area contributed by atoms with E-state index in [9.17, 15) is 0 Å². The maximum Gasteiger partial charge on any atom is 0.576 e. The van der Waals surface area contributed by atoms with Gasteiger partial charge in [0.1, 0.15) is 11.5 Å². The van der Waals surface area contributed by atoms with Crippen LogP contribution in [0.25, 0.3) is 0 Å². The van der Waals surface area contributed by atoms with E-state index < -0.39 is 0 Å². The Hall–Kier alpha value is -1.90. The molecule has 0 bridgehead atoms. The van der Waals surface area contributed by atoms with Gasteiger partial charge in [-0.25, -0.2) is 0 Å². The minimum Gasteiger partial charge on any atom is -0.529 e. The van der Waals surface area contributed by atoms with Crippen LogP contribution < -0.4 is 9.31 Å². The Morgan fingerprint density at radius 2 is 1.00 bits per heavy atom. The third-order valence-electron chi connectivity index (χ3n) is 5.09. The van der Waals surface area contributed by atoms with Crippen LogP contribution in [0.3, 0.4) is 0 Å². The van der Waals surface area contributed by atoms with Gasteiger partial charge in [0, 0.05) is 0 Å². The summed E-state index contributed by atoms with van der Waals surface area (Å²) in [6, 6.07) is 12.9. The second-order valence-electron chi connectivity index (χ2n) is 6.68. The fourth-order valence-corrected chi connectivity index (χ4v) is 3.76. The number of aryl methyl sites for hydroxylation is 4. The van der Waals surface area contributed by atoms with Gasteiger partial charge < -0.3 is 9.31 Å². The number of benzene rings is 2. The first kappa shape index (κ1) is 14.7. The van der Waals surface area contributed by atoms with E-state index >= 15 is 0 Å². The first-order valence-corrected chi connectivity index (χ1v) is 8.88. The molecule has 0 spiro atoms. The maximum atomic E-state index is 5.80. The van der Waals surface area contributed by atoms with Gasteiger partial charge in [-0.3, -0.25) is 0 Å². The molecule has 0 fully saturated rings. The molecular formula is C20H23BO2. The van der Waals surface area contributed by atoms with Crippen LogP contribution in [0.4, 0.5) is 0 Å². The first-order chi connectivity index (χ1) is 11.4. The third-order valence-corrected chi connectivity index (χ3v) is 5.09. The van der Waals surface area contributed by atoms with Crippen LogP contribution in [0.5, 0.6) is 11.5 Å². The molecule has 23 heavy (non-hydrogen) atoms. The number of hydrogen-bond donors (Lipinski definition) is 0. The number of fused-ring (bicyclic) bond motifs is 2. The van der Waals surface area contributed by atoms with Crippen molar-refractivity contribution in [3.63, 3.8) is 0 Å².